The standard InChI is InChI=1S/C17H16N2O2/c1-10-6-7-15-12(8-10)13(9-19-15)16(20)11-4-3-5-14(18)17(11)21-2/h3-9,19H,18H2,1-2H3. The highest BCUT2D eigenvalue weighted by Crippen LogP contribution is 2.30. The first-order chi connectivity index (χ1) is 10.1. The summed E-state index contributed by atoms with van der Waals surface area (Å²) < 4.78 is 5.28. The largest absolute Gasteiger partial charge is 0.494 e. The summed E-state index contributed by atoms with van der Waals surface area (Å²) in [6, 6.07) is 11.2. The molecule has 0 aliphatic heterocycles. The molecule has 0 atom stereocenters. The third kappa shape index (κ3) is 2.14. The van der Waals surface area contributed by atoms with Crippen molar-refractivity contribution in [3.63, 3.8) is 0 Å². The van der Waals surface area contributed by atoms with Crippen molar-refractivity contribution in [1.29, 1.82) is 0 Å². The van der Waals surface area contributed by atoms with Crippen LogP contribution in [0, 0.1) is 6.92 Å². The molecule has 3 rings (SSSR count). The number of aromatic nitrogens is 1. The van der Waals surface area contributed by atoms with Gasteiger partial charge in [0.25, 0.3) is 0 Å². The van der Waals surface area contributed by atoms with Gasteiger partial charge in [-0.15, -0.1) is 0 Å². The molecule has 3 N–H and O–H groups in total. The Morgan fingerprint density at radius 3 is 2.76 bits per heavy atom. The summed E-state index contributed by atoms with van der Waals surface area (Å²) in [5, 5.41) is 0.907. The van der Waals surface area contributed by atoms with E-state index in [1.54, 1.807) is 24.4 Å². The Hall–Kier alpha value is -2.75. The zero-order valence-corrected chi connectivity index (χ0v) is 11.9. The van der Waals surface area contributed by atoms with Gasteiger partial charge >= 0.3 is 0 Å². The number of ether oxygens (including phenoxy) is 1. The second-order valence-corrected chi connectivity index (χ2v) is 5.01. The number of nitrogens with two attached hydrogens (primary N) is 1. The van der Waals surface area contributed by atoms with Crippen LogP contribution in [-0.2, 0) is 0 Å². The summed E-state index contributed by atoms with van der Waals surface area (Å²) in [6.45, 7) is 2.00. The fourth-order valence-electron chi connectivity index (χ4n) is 2.53. The number of nitrogens with one attached hydrogen (secondary N) is 1. The van der Waals surface area contributed by atoms with E-state index in [1.165, 1.54) is 7.11 Å². The van der Waals surface area contributed by atoms with Crippen molar-refractivity contribution >= 4 is 22.4 Å². The molecule has 0 fully saturated rings. The first kappa shape index (κ1) is 13.2. The molecule has 106 valence electrons. The van der Waals surface area contributed by atoms with Crippen molar-refractivity contribution in [2.45, 2.75) is 6.92 Å². The molecule has 4 nitrogen and oxygen atoms in total. The van der Waals surface area contributed by atoms with E-state index in [-0.39, 0.29) is 5.78 Å². The van der Waals surface area contributed by atoms with Crippen LogP contribution in [0.15, 0.2) is 42.6 Å². The summed E-state index contributed by atoms with van der Waals surface area (Å²) in [6.07, 6.45) is 1.73. The molecule has 3 aromatic rings. The summed E-state index contributed by atoms with van der Waals surface area (Å²) in [7, 11) is 1.52. The molecule has 2 aromatic carbocycles. The van der Waals surface area contributed by atoms with Crippen molar-refractivity contribution in [1.82, 2.24) is 4.98 Å². The van der Waals surface area contributed by atoms with Crippen molar-refractivity contribution in [3.8, 4) is 5.75 Å². The first-order valence-electron chi connectivity index (χ1n) is 6.66. The SMILES string of the molecule is COc1c(N)cccc1C(=O)c1c[nH]c2ccc(C)cc12. The first-order valence-corrected chi connectivity index (χ1v) is 6.66. The van der Waals surface area contributed by atoms with Crippen LogP contribution in [0.5, 0.6) is 5.75 Å². The van der Waals surface area contributed by atoms with Crippen LogP contribution in [0.3, 0.4) is 0 Å². The second kappa shape index (κ2) is 4.98. The van der Waals surface area contributed by atoms with Gasteiger partial charge in [-0.3, -0.25) is 4.79 Å². The van der Waals surface area contributed by atoms with Crippen molar-refractivity contribution in [2.75, 3.05) is 12.8 Å². The molecular weight excluding hydrogens is 264 g/mol. The third-order valence-electron chi connectivity index (χ3n) is 3.58. The van der Waals surface area contributed by atoms with E-state index in [4.69, 9.17) is 10.5 Å². The minimum Gasteiger partial charge on any atom is -0.494 e. The number of ketones is 1. The van der Waals surface area contributed by atoms with Gasteiger partial charge in [-0.25, -0.2) is 0 Å². The third-order valence-corrected chi connectivity index (χ3v) is 3.58. The van der Waals surface area contributed by atoms with Gasteiger partial charge in [-0.1, -0.05) is 17.7 Å². The van der Waals surface area contributed by atoms with E-state index in [2.05, 4.69) is 4.98 Å². The van der Waals surface area contributed by atoms with Gasteiger partial charge < -0.3 is 15.5 Å². The van der Waals surface area contributed by atoms with Crippen LogP contribution < -0.4 is 10.5 Å². The van der Waals surface area contributed by atoms with Crippen LogP contribution >= 0.6 is 0 Å². The highest BCUT2D eigenvalue weighted by Gasteiger charge is 2.19. The number of nitrogen functional groups attached to an aromatic ring is 1. The lowest BCUT2D eigenvalue weighted by molar-refractivity contribution is 0.103. The van der Waals surface area contributed by atoms with Crippen LogP contribution in [-0.4, -0.2) is 17.9 Å². The number of carbonyl (C=O) groups excluding carboxylic acids is 1. The number of aromatic amines is 1. The van der Waals surface area contributed by atoms with Crippen LogP contribution in [0.4, 0.5) is 5.69 Å². The molecule has 0 aliphatic carbocycles. The number of fused-ring (bicyclic) bond motifs is 1. The normalized spacial score (nSPS) is 10.8. The molecule has 4 heteroatoms. The Labute approximate surface area is 122 Å². The number of para-hydroxylation sites is 1. The zero-order valence-electron chi connectivity index (χ0n) is 11.9. The average molecular weight is 280 g/mol. The summed E-state index contributed by atoms with van der Waals surface area (Å²) in [5.74, 6) is 0.320. The van der Waals surface area contributed by atoms with Gasteiger partial charge in [-0.05, 0) is 31.2 Å². The molecule has 1 aromatic heterocycles. The van der Waals surface area contributed by atoms with Crippen LogP contribution in [0.25, 0.3) is 10.9 Å². The number of hydrogen-bond acceptors (Lipinski definition) is 3. The van der Waals surface area contributed by atoms with E-state index >= 15 is 0 Å². The molecule has 0 aliphatic rings. The number of rotatable bonds is 3. The maximum Gasteiger partial charge on any atom is 0.198 e. The summed E-state index contributed by atoms with van der Waals surface area (Å²) in [5.41, 5.74) is 9.47. The van der Waals surface area contributed by atoms with Crippen molar-refractivity contribution in [3.05, 3.63) is 59.3 Å². The molecular formula is C17H16N2O2. The van der Waals surface area contributed by atoms with E-state index in [0.717, 1.165) is 16.5 Å². The summed E-state index contributed by atoms with van der Waals surface area (Å²) >= 11 is 0. The molecule has 0 spiro atoms. The van der Waals surface area contributed by atoms with Crippen molar-refractivity contribution in [2.24, 2.45) is 0 Å². The molecule has 0 saturated carbocycles. The Kier molecular flexibility index (Phi) is 3.14. The number of anilines is 1. The molecule has 0 saturated heterocycles. The number of H-pyrrole nitrogens is 1. The lowest BCUT2D eigenvalue weighted by atomic mass is 10.0. The molecule has 0 unspecified atom stereocenters. The highest BCUT2D eigenvalue weighted by molar-refractivity contribution is 6.18. The van der Waals surface area contributed by atoms with E-state index in [1.807, 2.05) is 25.1 Å². The van der Waals surface area contributed by atoms with Crippen LogP contribution in [0.1, 0.15) is 21.5 Å². The van der Waals surface area contributed by atoms with Gasteiger partial charge in [0.15, 0.2) is 11.5 Å². The quantitative estimate of drug-likeness (QED) is 0.571. The smallest absolute Gasteiger partial charge is 0.198 e. The summed E-state index contributed by atoms with van der Waals surface area (Å²) in [4.78, 5) is 15.9. The predicted molar refractivity (Wildman–Crippen MR) is 83.9 cm³/mol. The molecule has 0 radical (unpaired) electrons. The zero-order chi connectivity index (χ0) is 15.0. The Bertz CT molecular complexity index is 834. The number of carbonyl (C=O) groups is 1. The van der Waals surface area contributed by atoms with E-state index in [9.17, 15) is 4.79 Å². The Morgan fingerprint density at radius 1 is 1.19 bits per heavy atom. The number of aryl methyl sites for hydroxylation is 1. The topological polar surface area (TPSA) is 68.1 Å². The predicted octanol–water partition coefficient (Wildman–Crippen LogP) is 3.30. The molecule has 0 amide bonds. The van der Waals surface area contributed by atoms with Crippen LogP contribution in [0.2, 0.25) is 0 Å². The Morgan fingerprint density at radius 2 is 2.00 bits per heavy atom. The minimum absolute atomic E-state index is 0.101. The minimum atomic E-state index is -0.101. The van der Waals surface area contributed by atoms with Gasteiger partial charge in [0.2, 0.25) is 0 Å². The fourth-order valence-corrected chi connectivity index (χ4v) is 2.53. The highest BCUT2D eigenvalue weighted by atomic mass is 16.5. The number of benzene rings is 2. The van der Waals surface area contributed by atoms with E-state index in [0.29, 0.717) is 22.6 Å². The van der Waals surface area contributed by atoms with E-state index < -0.39 is 0 Å². The maximum absolute atomic E-state index is 12.8. The monoisotopic (exact) mass is 280 g/mol. The molecule has 0 bridgehead atoms. The lowest BCUT2D eigenvalue weighted by Crippen LogP contribution is -2.05. The number of hydrogen-bond donors (Lipinski definition) is 2. The maximum atomic E-state index is 12.8. The Balaban J connectivity index is 2.17. The number of methoxy groups -OCH3 is 1. The second-order valence-electron chi connectivity index (χ2n) is 5.01. The molecule has 1 heterocycles. The fraction of sp³-hybridized carbons (Fsp3) is 0.118. The average Bonchev–Trinajstić information content (AvgIpc) is 2.89. The van der Waals surface area contributed by atoms with Gasteiger partial charge in [-0.2, -0.15) is 0 Å². The van der Waals surface area contributed by atoms with Gasteiger partial charge in [0.05, 0.1) is 18.4 Å². The van der Waals surface area contributed by atoms with Gasteiger partial charge in [0, 0.05) is 22.7 Å². The van der Waals surface area contributed by atoms with Gasteiger partial charge in [0.1, 0.15) is 0 Å². The molecule has 21 heavy (non-hydrogen) atoms. The lowest BCUT2D eigenvalue weighted by Gasteiger charge is -2.09. The van der Waals surface area contributed by atoms with Crippen molar-refractivity contribution < 1.29 is 9.53 Å².